The molecule has 6 nitrogen and oxygen atoms in total. The summed E-state index contributed by atoms with van der Waals surface area (Å²) in [6.45, 7) is 2.52. The van der Waals surface area contributed by atoms with Gasteiger partial charge in [-0.2, -0.15) is 0 Å². The second kappa shape index (κ2) is 10.1. The SMILES string of the molecule is COCC(=O)N(Cc1cccc(F)c1)c1ccc(CC(=O)N2CCOCC2)cc1. The Hall–Kier alpha value is -2.77. The Morgan fingerprint density at radius 3 is 2.48 bits per heavy atom. The number of hydrogen-bond acceptors (Lipinski definition) is 4. The van der Waals surface area contributed by atoms with Gasteiger partial charge in [-0.3, -0.25) is 9.59 Å². The van der Waals surface area contributed by atoms with Gasteiger partial charge in [0.1, 0.15) is 12.4 Å². The van der Waals surface area contributed by atoms with Crippen LogP contribution in [0.25, 0.3) is 0 Å². The minimum absolute atomic E-state index is 0.0631. The minimum Gasteiger partial charge on any atom is -0.378 e. The Bertz CT molecular complexity index is 835. The lowest BCUT2D eigenvalue weighted by molar-refractivity contribution is -0.134. The summed E-state index contributed by atoms with van der Waals surface area (Å²) in [7, 11) is 1.46. The molecule has 0 saturated carbocycles. The third-order valence-corrected chi connectivity index (χ3v) is 4.77. The van der Waals surface area contributed by atoms with E-state index < -0.39 is 0 Å². The highest BCUT2D eigenvalue weighted by Crippen LogP contribution is 2.20. The van der Waals surface area contributed by atoms with E-state index in [1.54, 1.807) is 34.1 Å². The van der Waals surface area contributed by atoms with Crippen molar-refractivity contribution in [2.24, 2.45) is 0 Å². The maximum Gasteiger partial charge on any atom is 0.253 e. The Morgan fingerprint density at radius 1 is 1.10 bits per heavy atom. The molecule has 2 aromatic rings. The minimum atomic E-state index is -0.349. The highest BCUT2D eigenvalue weighted by atomic mass is 19.1. The van der Waals surface area contributed by atoms with Gasteiger partial charge < -0.3 is 19.3 Å². The molecule has 2 aromatic carbocycles. The van der Waals surface area contributed by atoms with E-state index in [-0.39, 0.29) is 30.8 Å². The van der Waals surface area contributed by atoms with Crippen molar-refractivity contribution >= 4 is 17.5 Å². The Morgan fingerprint density at radius 2 is 1.83 bits per heavy atom. The van der Waals surface area contributed by atoms with Crippen LogP contribution in [0.4, 0.5) is 10.1 Å². The van der Waals surface area contributed by atoms with E-state index in [1.807, 2.05) is 12.1 Å². The molecule has 7 heteroatoms. The number of methoxy groups -OCH3 is 1. The van der Waals surface area contributed by atoms with Crippen LogP contribution in [0.1, 0.15) is 11.1 Å². The first-order valence-corrected chi connectivity index (χ1v) is 9.55. The van der Waals surface area contributed by atoms with E-state index in [9.17, 15) is 14.0 Å². The van der Waals surface area contributed by atoms with Crippen molar-refractivity contribution in [3.05, 3.63) is 65.5 Å². The largest absolute Gasteiger partial charge is 0.378 e. The monoisotopic (exact) mass is 400 g/mol. The molecule has 1 aliphatic rings. The van der Waals surface area contributed by atoms with Crippen LogP contribution in [-0.2, 0) is 32.0 Å². The zero-order chi connectivity index (χ0) is 20.6. The lowest BCUT2D eigenvalue weighted by Crippen LogP contribution is -2.41. The number of anilines is 1. The average molecular weight is 400 g/mol. The van der Waals surface area contributed by atoms with E-state index in [4.69, 9.17) is 9.47 Å². The molecule has 0 bridgehead atoms. The Labute approximate surface area is 169 Å². The number of nitrogens with zero attached hydrogens (tertiary/aromatic N) is 2. The van der Waals surface area contributed by atoms with Gasteiger partial charge in [0.2, 0.25) is 5.91 Å². The number of amides is 2. The summed E-state index contributed by atoms with van der Waals surface area (Å²) in [5, 5.41) is 0. The summed E-state index contributed by atoms with van der Waals surface area (Å²) < 4.78 is 23.8. The third-order valence-electron chi connectivity index (χ3n) is 4.77. The molecule has 0 aromatic heterocycles. The number of halogens is 1. The molecule has 154 valence electrons. The van der Waals surface area contributed by atoms with Crippen molar-refractivity contribution in [2.45, 2.75) is 13.0 Å². The molecule has 1 heterocycles. The molecule has 0 atom stereocenters. The van der Waals surface area contributed by atoms with Crippen LogP contribution in [-0.4, -0.2) is 56.7 Å². The molecule has 0 unspecified atom stereocenters. The van der Waals surface area contributed by atoms with Crippen molar-refractivity contribution in [3.63, 3.8) is 0 Å². The maximum absolute atomic E-state index is 13.5. The lowest BCUT2D eigenvalue weighted by atomic mass is 10.1. The smallest absolute Gasteiger partial charge is 0.253 e. The fourth-order valence-corrected chi connectivity index (χ4v) is 3.24. The van der Waals surface area contributed by atoms with Gasteiger partial charge in [-0.05, 0) is 35.4 Å². The van der Waals surface area contributed by atoms with Crippen molar-refractivity contribution in [1.82, 2.24) is 4.90 Å². The first-order chi connectivity index (χ1) is 14.1. The van der Waals surface area contributed by atoms with Gasteiger partial charge >= 0.3 is 0 Å². The number of ether oxygens (including phenoxy) is 2. The van der Waals surface area contributed by atoms with E-state index in [2.05, 4.69) is 0 Å². The number of rotatable bonds is 7. The quantitative estimate of drug-likeness (QED) is 0.716. The molecule has 0 spiro atoms. The van der Waals surface area contributed by atoms with Crippen LogP contribution in [0.5, 0.6) is 0 Å². The van der Waals surface area contributed by atoms with Gasteiger partial charge in [0.25, 0.3) is 5.91 Å². The number of carbonyl (C=O) groups is 2. The highest BCUT2D eigenvalue weighted by molar-refractivity contribution is 5.94. The molecule has 1 fully saturated rings. The fourth-order valence-electron chi connectivity index (χ4n) is 3.24. The third kappa shape index (κ3) is 5.85. The Balaban J connectivity index is 1.72. The van der Waals surface area contributed by atoms with Gasteiger partial charge in [-0.15, -0.1) is 0 Å². The van der Waals surface area contributed by atoms with Gasteiger partial charge in [0.15, 0.2) is 0 Å². The molecular formula is C22H25FN2O4. The summed E-state index contributed by atoms with van der Waals surface area (Å²) in [5.74, 6) is -0.513. The number of benzene rings is 2. The van der Waals surface area contributed by atoms with Crippen molar-refractivity contribution < 1.29 is 23.5 Å². The zero-order valence-corrected chi connectivity index (χ0v) is 16.5. The van der Waals surface area contributed by atoms with Crippen LogP contribution in [0, 0.1) is 5.82 Å². The summed E-state index contributed by atoms with van der Waals surface area (Å²) >= 11 is 0. The second-order valence-electron chi connectivity index (χ2n) is 6.88. The van der Waals surface area contributed by atoms with Crippen molar-refractivity contribution in [3.8, 4) is 0 Å². The highest BCUT2D eigenvalue weighted by Gasteiger charge is 2.19. The molecule has 2 amide bonds. The summed E-state index contributed by atoms with van der Waals surface area (Å²) in [6.07, 6.45) is 0.302. The number of hydrogen-bond donors (Lipinski definition) is 0. The second-order valence-corrected chi connectivity index (χ2v) is 6.88. The van der Waals surface area contributed by atoms with E-state index in [0.29, 0.717) is 44.0 Å². The first-order valence-electron chi connectivity index (χ1n) is 9.55. The van der Waals surface area contributed by atoms with Crippen LogP contribution >= 0.6 is 0 Å². The molecule has 1 aliphatic heterocycles. The lowest BCUT2D eigenvalue weighted by Gasteiger charge is -2.27. The number of carbonyl (C=O) groups excluding carboxylic acids is 2. The first kappa shape index (κ1) is 21.0. The van der Waals surface area contributed by atoms with E-state index >= 15 is 0 Å². The normalized spacial score (nSPS) is 13.9. The molecule has 0 aliphatic carbocycles. The Kier molecular flexibility index (Phi) is 7.32. The summed E-state index contributed by atoms with van der Waals surface area (Å²) in [4.78, 5) is 28.3. The molecular weight excluding hydrogens is 375 g/mol. The van der Waals surface area contributed by atoms with Crippen molar-refractivity contribution in [2.75, 3.05) is 44.9 Å². The van der Waals surface area contributed by atoms with Crippen LogP contribution in [0.3, 0.4) is 0 Å². The number of morpholine rings is 1. The topological polar surface area (TPSA) is 59.1 Å². The van der Waals surface area contributed by atoms with Gasteiger partial charge in [0, 0.05) is 25.9 Å². The van der Waals surface area contributed by atoms with E-state index in [0.717, 1.165) is 5.56 Å². The predicted octanol–water partition coefficient (Wildman–Crippen LogP) is 2.41. The molecule has 3 rings (SSSR count). The molecule has 0 radical (unpaired) electrons. The molecule has 29 heavy (non-hydrogen) atoms. The molecule has 1 saturated heterocycles. The van der Waals surface area contributed by atoms with Gasteiger partial charge in [-0.1, -0.05) is 24.3 Å². The van der Waals surface area contributed by atoms with Crippen LogP contribution in [0.2, 0.25) is 0 Å². The summed E-state index contributed by atoms with van der Waals surface area (Å²) in [5.41, 5.74) is 2.22. The van der Waals surface area contributed by atoms with Crippen molar-refractivity contribution in [1.29, 1.82) is 0 Å². The van der Waals surface area contributed by atoms with Gasteiger partial charge in [-0.25, -0.2) is 4.39 Å². The average Bonchev–Trinajstić information content (AvgIpc) is 2.73. The standard InChI is InChI=1S/C22H25FN2O4/c1-28-16-22(27)25(15-18-3-2-4-19(23)13-18)20-7-5-17(6-8-20)14-21(26)24-9-11-29-12-10-24/h2-8,13H,9-12,14-16H2,1H3. The fraction of sp³-hybridized carbons (Fsp3) is 0.364. The predicted molar refractivity (Wildman–Crippen MR) is 107 cm³/mol. The zero-order valence-electron chi connectivity index (χ0n) is 16.5. The van der Waals surface area contributed by atoms with Crippen LogP contribution < -0.4 is 4.90 Å². The maximum atomic E-state index is 13.5. The van der Waals surface area contributed by atoms with Gasteiger partial charge in [0.05, 0.1) is 26.2 Å². The van der Waals surface area contributed by atoms with Crippen LogP contribution in [0.15, 0.2) is 48.5 Å². The summed E-state index contributed by atoms with van der Waals surface area (Å²) in [6, 6.07) is 13.4. The molecule has 0 N–H and O–H groups in total. The van der Waals surface area contributed by atoms with E-state index in [1.165, 1.54) is 19.2 Å².